The highest BCUT2D eigenvalue weighted by Crippen LogP contribution is 2.22. The fourth-order valence-corrected chi connectivity index (χ4v) is 1.42. The Kier molecular flexibility index (Phi) is 1.94. The van der Waals surface area contributed by atoms with Gasteiger partial charge in [-0.1, -0.05) is 11.6 Å². The minimum atomic E-state index is 0.617. The molecular formula is C9H8ClN3. The monoisotopic (exact) mass is 193 g/mol. The molecule has 0 fully saturated rings. The van der Waals surface area contributed by atoms with Gasteiger partial charge in [0.1, 0.15) is 5.82 Å². The largest absolute Gasteiger partial charge is 0.399 e. The lowest BCUT2D eigenvalue weighted by Gasteiger charge is -1.99. The molecule has 1 aromatic carbocycles. The Morgan fingerprint density at radius 2 is 2.15 bits per heavy atom. The van der Waals surface area contributed by atoms with Gasteiger partial charge >= 0.3 is 0 Å². The van der Waals surface area contributed by atoms with Crippen molar-refractivity contribution in [1.29, 1.82) is 0 Å². The molecule has 0 unspecified atom stereocenters. The van der Waals surface area contributed by atoms with Gasteiger partial charge < -0.3 is 10.7 Å². The van der Waals surface area contributed by atoms with Crippen LogP contribution < -0.4 is 5.73 Å². The molecule has 2 aromatic rings. The number of aromatic amines is 1. The van der Waals surface area contributed by atoms with Gasteiger partial charge in [-0.05, 0) is 18.2 Å². The molecule has 0 amide bonds. The molecule has 0 aliphatic heterocycles. The van der Waals surface area contributed by atoms with Crippen LogP contribution in [-0.4, -0.2) is 9.97 Å². The Morgan fingerprint density at radius 3 is 2.77 bits per heavy atom. The minimum absolute atomic E-state index is 0.617. The molecule has 0 spiro atoms. The summed E-state index contributed by atoms with van der Waals surface area (Å²) in [7, 11) is 0. The van der Waals surface area contributed by atoms with Crippen LogP contribution in [0.3, 0.4) is 0 Å². The van der Waals surface area contributed by atoms with Crippen LogP contribution in [0.5, 0.6) is 0 Å². The molecule has 0 saturated heterocycles. The molecule has 0 bridgehead atoms. The van der Waals surface area contributed by atoms with Crippen LogP contribution in [0.15, 0.2) is 30.6 Å². The second-order valence-corrected chi connectivity index (χ2v) is 3.15. The Morgan fingerprint density at radius 1 is 1.31 bits per heavy atom. The maximum atomic E-state index is 5.85. The van der Waals surface area contributed by atoms with Crippen molar-refractivity contribution in [1.82, 2.24) is 9.97 Å². The van der Waals surface area contributed by atoms with Gasteiger partial charge in [-0.25, -0.2) is 4.98 Å². The second kappa shape index (κ2) is 3.11. The highest BCUT2D eigenvalue weighted by molar-refractivity contribution is 6.31. The van der Waals surface area contributed by atoms with Crippen LogP contribution >= 0.6 is 11.6 Å². The van der Waals surface area contributed by atoms with Crippen LogP contribution in [0.1, 0.15) is 0 Å². The summed E-state index contributed by atoms with van der Waals surface area (Å²) in [6.07, 6.45) is 3.44. The summed E-state index contributed by atoms with van der Waals surface area (Å²) in [5.41, 5.74) is 7.18. The number of imidazole rings is 1. The Hall–Kier alpha value is -1.48. The summed E-state index contributed by atoms with van der Waals surface area (Å²) in [5, 5.41) is 0.617. The summed E-state index contributed by atoms with van der Waals surface area (Å²) in [5.74, 6) is 0.772. The number of nitrogens with one attached hydrogen (secondary N) is 1. The van der Waals surface area contributed by atoms with Gasteiger partial charge in [-0.2, -0.15) is 0 Å². The van der Waals surface area contributed by atoms with E-state index < -0.39 is 0 Å². The van der Waals surface area contributed by atoms with Gasteiger partial charge in [-0.3, -0.25) is 0 Å². The number of nitrogens with two attached hydrogens (primary N) is 1. The smallest absolute Gasteiger partial charge is 0.137 e. The summed E-state index contributed by atoms with van der Waals surface area (Å²) in [4.78, 5) is 7.08. The summed E-state index contributed by atoms with van der Waals surface area (Å²) in [6, 6.07) is 5.34. The molecule has 0 aliphatic rings. The van der Waals surface area contributed by atoms with E-state index >= 15 is 0 Å². The molecule has 0 radical (unpaired) electrons. The van der Waals surface area contributed by atoms with Gasteiger partial charge in [0.15, 0.2) is 0 Å². The minimum Gasteiger partial charge on any atom is -0.399 e. The van der Waals surface area contributed by atoms with E-state index in [9.17, 15) is 0 Å². The van der Waals surface area contributed by atoms with Crippen molar-refractivity contribution < 1.29 is 0 Å². The molecule has 1 heterocycles. The molecule has 1 aromatic heterocycles. The molecular weight excluding hydrogens is 186 g/mol. The molecule has 0 aliphatic carbocycles. The number of nitrogen functional groups attached to an aromatic ring is 1. The molecule has 66 valence electrons. The SMILES string of the molecule is Nc1cc(Cl)cc(-c2ncc[nH]2)c1. The third kappa shape index (κ3) is 1.65. The normalized spacial score (nSPS) is 10.2. The van der Waals surface area contributed by atoms with E-state index in [1.54, 1.807) is 18.5 Å². The average Bonchev–Trinajstić information content (AvgIpc) is 2.53. The van der Waals surface area contributed by atoms with E-state index in [4.69, 9.17) is 17.3 Å². The second-order valence-electron chi connectivity index (χ2n) is 2.71. The lowest BCUT2D eigenvalue weighted by atomic mass is 10.2. The number of rotatable bonds is 1. The van der Waals surface area contributed by atoms with Crippen molar-refractivity contribution in [2.24, 2.45) is 0 Å². The first-order chi connectivity index (χ1) is 6.25. The quantitative estimate of drug-likeness (QED) is 0.683. The molecule has 0 atom stereocenters. The third-order valence-electron chi connectivity index (χ3n) is 1.69. The van der Waals surface area contributed by atoms with Crippen LogP contribution in [0.2, 0.25) is 5.02 Å². The predicted octanol–water partition coefficient (Wildman–Crippen LogP) is 2.31. The highest BCUT2D eigenvalue weighted by atomic mass is 35.5. The fraction of sp³-hybridized carbons (Fsp3) is 0. The summed E-state index contributed by atoms with van der Waals surface area (Å²) >= 11 is 5.85. The van der Waals surface area contributed by atoms with Crippen molar-refractivity contribution in [3.8, 4) is 11.4 Å². The Bertz CT molecular complexity index is 389. The molecule has 3 nitrogen and oxygen atoms in total. The number of H-pyrrole nitrogens is 1. The zero-order valence-corrected chi connectivity index (χ0v) is 7.55. The fourth-order valence-electron chi connectivity index (χ4n) is 1.17. The molecule has 3 N–H and O–H groups in total. The van der Waals surface area contributed by atoms with E-state index in [-0.39, 0.29) is 0 Å². The zero-order chi connectivity index (χ0) is 9.26. The summed E-state index contributed by atoms with van der Waals surface area (Å²) < 4.78 is 0. The number of aromatic nitrogens is 2. The van der Waals surface area contributed by atoms with Gasteiger partial charge in [0.05, 0.1) is 0 Å². The standard InChI is InChI=1S/C9H8ClN3/c10-7-3-6(4-8(11)5-7)9-12-1-2-13-9/h1-5H,11H2,(H,12,13). The van der Waals surface area contributed by atoms with Gasteiger partial charge in [0.25, 0.3) is 0 Å². The van der Waals surface area contributed by atoms with E-state index in [1.807, 2.05) is 12.1 Å². The van der Waals surface area contributed by atoms with E-state index in [1.165, 1.54) is 0 Å². The van der Waals surface area contributed by atoms with E-state index in [0.717, 1.165) is 11.4 Å². The number of nitrogens with zero attached hydrogens (tertiary/aromatic N) is 1. The van der Waals surface area contributed by atoms with Gasteiger partial charge in [-0.15, -0.1) is 0 Å². The Balaban J connectivity index is 2.53. The molecule has 4 heteroatoms. The number of benzene rings is 1. The molecule has 2 rings (SSSR count). The summed E-state index contributed by atoms with van der Waals surface area (Å²) in [6.45, 7) is 0. The maximum absolute atomic E-state index is 5.85. The number of halogens is 1. The van der Waals surface area contributed by atoms with Crippen LogP contribution in [-0.2, 0) is 0 Å². The average molecular weight is 194 g/mol. The van der Waals surface area contributed by atoms with Crippen molar-refractivity contribution in [2.45, 2.75) is 0 Å². The number of hydrogen-bond acceptors (Lipinski definition) is 2. The number of hydrogen-bond donors (Lipinski definition) is 2. The van der Waals surface area contributed by atoms with Crippen molar-refractivity contribution in [3.05, 3.63) is 35.6 Å². The van der Waals surface area contributed by atoms with E-state index in [0.29, 0.717) is 10.7 Å². The highest BCUT2D eigenvalue weighted by Gasteiger charge is 2.01. The zero-order valence-electron chi connectivity index (χ0n) is 6.79. The van der Waals surface area contributed by atoms with Crippen LogP contribution in [0, 0.1) is 0 Å². The van der Waals surface area contributed by atoms with Crippen molar-refractivity contribution >= 4 is 17.3 Å². The number of anilines is 1. The topological polar surface area (TPSA) is 54.7 Å². The van der Waals surface area contributed by atoms with Crippen LogP contribution in [0.4, 0.5) is 5.69 Å². The molecule has 13 heavy (non-hydrogen) atoms. The first-order valence-electron chi connectivity index (χ1n) is 3.81. The van der Waals surface area contributed by atoms with Crippen LogP contribution in [0.25, 0.3) is 11.4 Å². The maximum Gasteiger partial charge on any atom is 0.137 e. The Labute approximate surface area is 80.6 Å². The first-order valence-corrected chi connectivity index (χ1v) is 4.19. The van der Waals surface area contributed by atoms with Crippen molar-refractivity contribution in [3.63, 3.8) is 0 Å². The first kappa shape index (κ1) is 8.13. The lowest BCUT2D eigenvalue weighted by molar-refractivity contribution is 1.31. The molecule has 0 saturated carbocycles. The van der Waals surface area contributed by atoms with E-state index in [2.05, 4.69) is 9.97 Å². The third-order valence-corrected chi connectivity index (χ3v) is 1.91. The van der Waals surface area contributed by atoms with Gasteiger partial charge in [0.2, 0.25) is 0 Å². The predicted molar refractivity (Wildman–Crippen MR) is 53.4 cm³/mol. The van der Waals surface area contributed by atoms with Crippen molar-refractivity contribution in [2.75, 3.05) is 5.73 Å². The lowest BCUT2D eigenvalue weighted by Crippen LogP contribution is -1.87. The van der Waals surface area contributed by atoms with Gasteiger partial charge in [0, 0.05) is 28.7 Å².